The number of thioether (sulfide) groups is 1. The average Bonchev–Trinajstić information content (AvgIpc) is 2.25. The van der Waals surface area contributed by atoms with Crippen LogP contribution in [0, 0.1) is 20.2 Å². The van der Waals surface area contributed by atoms with Gasteiger partial charge in [0.1, 0.15) is 15.6 Å². The van der Waals surface area contributed by atoms with E-state index < -0.39 is 40.5 Å². The summed E-state index contributed by atoms with van der Waals surface area (Å²) >= 11 is 1.12. The minimum atomic E-state index is -2.28. The molecule has 1 rings (SSSR count). The van der Waals surface area contributed by atoms with Crippen LogP contribution in [0.3, 0.4) is 0 Å². The fourth-order valence-electron chi connectivity index (χ4n) is 1.52. The lowest BCUT2D eigenvalue weighted by molar-refractivity contribution is -0.809. The molecule has 0 aliphatic carbocycles. The van der Waals surface area contributed by atoms with E-state index in [1.165, 1.54) is 6.92 Å². The van der Waals surface area contributed by atoms with E-state index in [0.29, 0.717) is 0 Å². The van der Waals surface area contributed by atoms with Crippen LogP contribution < -0.4 is 5.73 Å². The van der Waals surface area contributed by atoms with Crippen molar-refractivity contribution in [3.63, 3.8) is 0 Å². The molecule has 0 bridgehead atoms. The number of nitrogens with zero attached hydrogens (tertiary/aromatic N) is 3. The Morgan fingerprint density at radius 1 is 1.35 bits per heavy atom. The van der Waals surface area contributed by atoms with Gasteiger partial charge in [0.15, 0.2) is 13.1 Å². The maximum atomic E-state index is 11.6. The highest BCUT2D eigenvalue weighted by Crippen LogP contribution is 2.25. The van der Waals surface area contributed by atoms with Gasteiger partial charge in [0, 0.05) is 5.75 Å². The lowest BCUT2D eigenvalue weighted by Gasteiger charge is -2.35. The van der Waals surface area contributed by atoms with Crippen LogP contribution in [0.4, 0.5) is 0 Å². The summed E-state index contributed by atoms with van der Waals surface area (Å²) in [7, 11) is 0. The monoisotopic (exact) mass is 306 g/mol. The van der Waals surface area contributed by atoms with Crippen LogP contribution in [0.5, 0.6) is 0 Å². The number of carbonyl (C=O) groups is 2. The summed E-state index contributed by atoms with van der Waals surface area (Å²) in [5.74, 6) is -0.406. The number of rotatable bonds is 7. The maximum Gasteiger partial charge on any atom is 0.492 e. The molecule has 0 spiro atoms. The van der Waals surface area contributed by atoms with Gasteiger partial charge >= 0.3 is 5.66 Å². The van der Waals surface area contributed by atoms with Crippen LogP contribution in [0.25, 0.3) is 0 Å². The van der Waals surface area contributed by atoms with Crippen molar-refractivity contribution in [1.29, 1.82) is 0 Å². The summed E-state index contributed by atoms with van der Waals surface area (Å²) in [6, 6.07) is -0.666. The standard InChI is InChI=1S/C9H14N4O6S/c1-6(14)7(10)2-20-3-8(15)11-4-9(5-11,12(16)17)13(18)19/h7H,2-5,10H2,1H3/t7-/m0/s1. The van der Waals surface area contributed by atoms with Crippen molar-refractivity contribution in [2.75, 3.05) is 24.6 Å². The molecule has 1 aliphatic rings. The van der Waals surface area contributed by atoms with Gasteiger partial charge in [0.05, 0.1) is 11.8 Å². The van der Waals surface area contributed by atoms with Gasteiger partial charge in [0.25, 0.3) is 0 Å². The Hall–Kier alpha value is -1.75. The fourth-order valence-corrected chi connectivity index (χ4v) is 2.48. The van der Waals surface area contributed by atoms with E-state index in [9.17, 15) is 29.8 Å². The number of hydrogen-bond acceptors (Lipinski definition) is 8. The van der Waals surface area contributed by atoms with Crippen LogP contribution in [0.2, 0.25) is 0 Å². The SMILES string of the molecule is CC(=O)[C@@H](N)CSCC(=O)N1CC([N+](=O)[O-])([N+](=O)[O-])C1. The third-order valence-corrected chi connectivity index (χ3v) is 4.01. The third kappa shape index (κ3) is 3.22. The Morgan fingerprint density at radius 2 is 1.85 bits per heavy atom. The highest BCUT2D eigenvalue weighted by molar-refractivity contribution is 8.00. The number of Topliss-reactive ketones (excluding diaryl/α,β-unsaturated/α-hetero) is 1. The zero-order chi connectivity index (χ0) is 15.5. The molecule has 0 radical (unpaired) electrons. The number of nitro groups is 2. The number of amides is 1. The summed E-state index contributed by atoms with van der Waals surface area (Å²) in [4.78, 5) is 42.9. The average molecular weight is 306 g/mol. The van der Waals surface area contributed by atoms with Crippen LogP contribution in [-0.4, -0.2) is 62.7 Å². The molecule has 11 heteroatoms. The van der Waals surface area contributed by atoms with Crippen molar-refractivity contribution in [3.05, 3.63) is 20.2 Å². The van der Waals surface area contributed by atoms with E-state index in [0.717, 1.165) is 16.7 Å². The second-order valence-corrected chi connectivity index (χ2v) is 5.51. The first-order valence-electron chi connectivity index (χ1n) is 5.61. The van der Waals surface area contributed by atoms with Gasteiger partial charge < -0.3 is 10.6 Å². The minimum Gasteiger partial charge on any atom is -0.321 e. The Morgan fingerprint density at radius 3 is 2.25 bits per heavy atom. The molecule has 0 aromatic rings. The number of ketones is 1. The van der Waals surface area contributed by atoms with Gasteiger partial charge in [-0.25, -0.2) is 0 Å². The molecule has 1 amide bonds. The minimum absolute atomic E-state index is 0.0213. The molecule has 0 saturated carbocycles. The molecular formula is C9H14N4O6S. The molecule has 0 aromatic heterocycles. The Bertz CT molecular complexity index is 434. The zero-order valence-corrected chi connectivity index (χ0v) is 11.5. The zero-order valence-electron chi connectivity index (χ0n) is 10.7. The molecule has 1 saturated heterocycles. The number of likely N-dealkylation sites (tertiary alicyclic amines) is 1. The molecule has 1 aliphatic heterocycles. The summed E-state index contributed by atoms with van der Waals surface area (Å²) < 4.78 is 0. The largest absolute Gasteiger partial charge is 0.492 e. The third-order valence-electron chi connectivity index (χ3n) is 2.97. The van der Waals surface area contributed by atoms with Crippen LogP contribution in [0.15, 0.2) is 0 Å². The van der Waals surface area contributed by atoms with Gasteiger partial charge in [-0.3, -0.25) is 29.8 Å². The number of hydrogen-bond donors (Lipinski definition) is 1. The topological polar surface area (TPSA) is 150 Å². The van der Waals surface area contributed by atoms with Crippen LogP contribution >= 0.6 is 11.8 Å². The first kappa shape index (κ1) is 16.3. The number of nitrogens with two attached hydrogens (primary N) is 1. The lowest BCUT2D eigenvalue weighted by Crippen LogP contribution is -2.71. The maximum absolute atomic E-state index is 11.6. The second kappa shape index (κ2) is 6.13. The van der Waals surface area contributed by atoms with Crippen molar-refractivity contribution >= 4 is 23.5 Å². The molecule has 112 valence electrons. The molecule has 10 nitrogen and oxygen atoms in total. The second-order valence-electron chi connectivity index (χ2n) is 4.48. The smallest absolute Gasteiger partial charge is 0.321 e. The first-order chi connectivity index (χ1) is 9.20. The Labute approximate surface area is 118 Å². The summed E-state index contributed by atoms with van der Waals surface area (Å²) in [5.41, 5.74) is 3.19. The lowest BCUT2D eigenvalue weighted by atomic mass is 10.0. The summed E-state index contributed by atoms with van der Waals surface area (Å²) in [5, 5.41) is 21.3. The molecule has 0 unspecified atom stereocenters. The Kier molecular flexibility index (Phi) is 5.00. The molecule has 2 N–H and O–H groups in total. The van der Waals surface area contributed by atoms with Crippen molar-refractivity contribution in [1.82, 2.24) is 4.90 Å². The van der Waals surface area contributed by atoms with Crippen molar-refractivity contribution in [2.24, 2.45) is 5.73 Å². The van der Waals surface area contributed by atoms with Gasteiger partial charge in [-0.1, -0.05) is 0 Å². The quantitative estimate of drug-likeness (QED) is 0.347. The van der Waals surface area contributed by atoms with E-state index in [1.807, 2.05) is 0 Å². The normalized spacial score (nSPS) is 18.0. The van der Waals surface area contributed by atoms with E-state index >= 15 is 0 Å². The van der Waals surface area contributed by atoms with E-state index in [1.54, 1.807) is 0 Å². The van der Waals surface area contributed by atoms with Crippen molar-refractivity contribution in [2.45, 2.75) is 18.6 Å². The molecule has 1 fully saturated rings. The number of carbonyl (C=O) groups excluding carboxylic acids is 2. The summed E-state index contributed by atoms with van der Waals surface area (Å²) in [6.45, 7) is 0.265. The first-order valence-corrected chi connectivity index (χ1v) is 6.76. The van der Waals surface area contributed by atoms with Gasteiger partial charge in [0.2, 0.25) is 5.91 Å². The fraction of sp³-hybridized carbons (Fsp3) is 0.778. The molecule has 1 heterocycles. The highest BCUT2D eigenvalue weighted by Gasteiger charge is 2.67. The van der Waals surface area contributed by atoms with Crippen molar-refractivity contribution in [3.8, 4) is 0 Å². The highest BCUT2D eigenvalue weighted by atomic mass is 32.2. The predicted molar refractivity (Wildman–Crippen MR) is 69.3 cm³/mol. The van der Waals surface area contributed by atoms with E-state index in [4.69, 9.17) is 5.73 Å². The molecule has 0 aromatic carbocycles. The Balaban J connectivity index is 2.40. The van der Waals surface area contributed by atoms with Crippen LogP contribution in [0.1, 0.15) is 6.92 Å². The predicted octanol–water partition coefficient (Wildman–Crippen LogP) is -1.27. The molecular weight excluding hydrogens is 292 g/mol. The van der Waals surface area contributed by atoms with E-state index in [2.05, 4.69) is 0 Å². The summed E-state index contributed by atoms with van der Waals surface area (Å²) in [6.07, 6.45) is 0. The van der Waals surface area contributed by atoms with Gasteiger partial charge in [-0.05, 0) is 6.92 Å². The van der Waals surface area contributed by atoms with Gasteiger partial charge in [-0.2, -0.15) is 0 Å². The van der Waals surface area contributed by atoms with E-state index in [-0.39, 0.29) is 17.3 Å². The van der Waals surface area contributed by atoms with Crippen molar-refractivity contribution < 1.29 is 19.4 Å². The van der Waals surface area contributed by atoms with Crippen LogP contribution in [-0.2, 0) is 9.59 Å². The van der Waals surface area contributed by atoms with Gasteiger partial charge in [-0.15, -0.1) is 11.8 Å². The molecule has 20 heavy (non-hydrogen) atoms. The molecule has 1 atom stereocenters.